The summed E-state index contributed by atoms with van der Waals surface area (Å²) >= 11 is 0. The molecule has 1 aliphatic carbocycles. The van der Waals surface area contributed by atoms with Gasteiger partial charge in [0.1, 0.15) is 10.7 Å². The van der Waals surface area contributed by atoms with Gasteiger partial charge in [-0.25, -0.2) is 12.8 Å². The predicted octanol–water partition coefficient (Wildman–Crippen LogP) is 2.28. The zero-order valence-corrected chi connectivity index (χ0v) is 14.3. The highest BCUT2D eigenvalue weighted by Crippen LogP contribution is 2.22. The summed E-state index contributed by atoms with van der Waals surface area (Å²) in [5.41, 5.74) is 0. The molecule has 5 nitrogen and oxygen atoms in total. The third kappa shape index (κ3) is 4.29. The van der Waals surface area contributed by atoms with Gasteiger partial charge in [-0.15, -0.1) is 0 Å². The molecule has 1 amide bonds. The summed E-state index contributed by atoms with van der Waals surface area (Å²) in [4.78, 5) is 13.6. The van der Waals surface area contributed by atoms with E-state index in [0.29, 0.717) is 0 Å². The fraction of sp³-hybridized carbons (Fsp3) is 0.562. The number of nitrogens with zero attached hydrogens (tertiary/aromatic N) is 1. The number of carbonyl (C=O) groups is 1. The first-order chi connectivity index (χ1) is 10.8. The van der Waals surface area contributed by atoms with Gasteiger partial charge in [-0.2, -0.15) is 4.72 Å². The number of likely N-dealkylation sites (N-methyl/N-ethyl adjacent to an activating group) is 1. The molecule has 128 valence electrons. The topological polar surface area (TPSA) is 66.5 Å². The molecule has 1 saturated carbocycles. The molecule has 23 heavy (non-hydrogen) atoms. The molecular weight excluding hydrogens is 319 g/mol. The Bertz CT molecular complexity index is 657. The van der Waals surface area contributed by atoms with E-state index in [-0.39, 0.29) is 11.9 Å². The molecule has 0 radical (unpaired) electrons. The van der Waals surface area contributed by atoms with Crippen molar-refractivity contribution < 1.29 is 17.6 Å². The van der Waals surface area contributed by atoms with Crippen LogP contribution in [0.4, 0.5) is 4.39 Å². The van der Waals surface area contributed by atoms with E-state index in [0.717, 1.165) is 31.7 Å². The first-order valence-electron chi connectivity index (χ1n) is 7.86. The normalized spacial score (nSPS) is 17.7. The van der Waals surface area contributed by atoms with Crippen molar-refractivity contribution in [3.05, 3.63) is 30.1 Å². The lowest BCUT2D eigenvalue weighted by atomic mass is 9.94. The first kappa shape index (κ1) is 17.9. The molecule has 1 aromatic carbocycles. The van der Waals surface area contributed by atoms with Crippen LogP contribution in [0.5, 0.6) is 0 Å². The van der Waals surface area contributed by atoms with Crippen molar-refractivity contribution in [3.63, 3.8) is 0 Å². The highest BCUT2D eigenvalue weighted by Gasteiger charge is 2.29. The fourth-order valence-electron chi connectivity index (χ4n) is 2.96. The molecule has 7 heteroatoms. The third-order valence-corrected chi connectivity index (χ3v) is 5.87. The van der Waals surface area contributed by atoms with Gasteiger partial charge in [-0.1, -0.05) is 31.4 Å². The maximum Gasteiger partial charge on any atom is 0.244 e. The van der Waals surface area contributed by atoms with Gasteiger partial charge in [0.2, 0.25) is 15.9 Å². The molecule has 0 unspecified atom stereocenters. The van der Waals surface area contributed by atoms with Crippen molar-refractivity contribution in [1.82, 2.24) is 9.62 Å². The number of hydrogen-bond donors (Lipinski definition) is 1. The summed E-state index contributed by atoms with van der Waals surface area (Å²) in [6.45, 7) is 1.49. The standard InChI is InChI=1S/C16H23FN2O3S/c1-12(16(20)19(2)13-8-4-3-5-9-13)18-23(21,22)15-11-7-6-10-14(15)17/h6-7,10-13,18H,3-5,8-9H2,1-2H3/t12-/m0/s1. The maximum absolute atomic E-state index is 13.7. The average Bonchev–Trinajstić information content (AvgIpc) is 2.54. The molecular formula is C16H23FN2O3S. The van der Waals surface area contributed by atoms with Crippen LogP contribution in [0.15, 0.2) is 29.2 Å². The fourth-order valence-corrected chi connectivity index (χ4v) is 4.24. The van der Waals surface area contributed by atoms with Crippen molar-refractivity contribution >= 4 is 15.9 Å². The second kappa shape index (κ2) is 7.40. The smallest absolute Gasteiger partial charge is 0.244 e. The molecule has 2 rings (SSSR count). The first-order valence-corrected chi connectivity index (χ1v) is 9.35. The summed E-state index contributed by atoms with van der Waals surface area (Å²) in [5.74, 6) is -1.13. The minimum atomic E-state index is -4.07. The van der Waals surface area contributed by atoms with Gasteiger partial charge in [0.25, 0.3) is 0 Å². The van der Waals surface area contributed by atoms with Crippen LogP contribution in [0, 0.1) is 5.82 Å². The largest absolute Gasteiger partial charge is 0.341 e. The van der Waals surface area contributed by atoms with Gasteiger partial charge in [-0.3, -0.25) is 4.79 Å². The van der Waals surface area contributed by atoms with Crippen LogP contribution >= 0.6 is 0 Å². The molecule has 0 saturated heterocycles. The van der Waals surface area contributed by atoms with Crippen LogP contribution in [-0.4, -0.2) is 38.4 Å². The number of amides is 1. The second-order valence-electron chi connectivity index (χ2n) is 6.01. The number of rotatable bonds is 5. The molecule has 1 aliphatic rings. The number of sulfonamides is 1. The highest BCUT2D eigenvalue weighted by atomic mass is 32.2. The van der Waals surface area contributed by atoms with Crippen molar-refractivity contribution in [2.24, 2.45) is 0 Å². The molecule has 0 aliphatic heterocycles. The molecule has 1 N–H and O–H groups in total. The Kier molecular flexibility index (Phi) is 5.75. The van der Waals surface area contributed by atoms with Crippen LogP contribution in [-0.2, 0) is 14.8 Å². The van der Waals surface area contributed by atoms with Gasteiger partial charge in [0, 0.05) is 13.1 Å². The monoisotopic (exact) mass is 342 g/mol. The van der Waals surface area contributed by atoms with Crippen molar-refractivity contribution in [2.75, 3.05) is 7.05 Å². The van der Waals surface area contributed by atoms with E-state index < -0.39 is 26.8 Å². The summed E-state index contributed by atoms with van der Waals surface area (Å²) in [6, 6.07) is 4.33. The second-order valence-corrected chi connectivity index (χ2v) is 7.70. The van der Waals surface area contributed by atoms with E-state index in [1.807, 2.05) is 0 Å². The van der Waals surface area contributed by atoms with E-state index in [2.05, 4.69) is 4.72 Å². The molecule has 0 spiro atoms. The lowest BCUT2D eigenvalue weighted by Gasteiger charge is -2.33. The minimum Gasteiger partial charge on any atom is -0.341 e. The Morgan fingerprint density at radius 1 is 1.26 bits per heavy atom. The lowest BCUT2D eigenvalue weighted by Crippen LogP contribution is -2.49. The van der Waals surface area contributed by atoms with E-state index in [9.17, 15) is 17.6 Å². The third-order valence-electron chi connectivity index (χ3n) is 4.30. The van der Waals surface area contributed by atoms with Crippen LogP contribution in [0.2, 0.25) is 0 Å². The molecule has 1 fully saturated rings. The number of hydrogen-bond acceptors (Lipinski definition) is 3. The van der Waals surface area contributed by atoms with Gasteiger partial charge < -0.3 is 4.90 Å². The average molecular weight is 342 g/mol. The Morgan fingerprint density at radius 3 is 2.48 bits per heavy atom. The molecule has 1 atom stereocenters. The lowest BCUT2D eigenvalue weighted by molar-refractivity contribution is -0.133. The number of carbonyl (C=O) groups excluding carboxylic acids is 1. The van der Waals surface area contributed by atoms with Gasteiger partial charge in [-0.05, 0) is 31.9 Å². The summed E-state index contributed by atoms with van der Waals surface area (Å²) < 4.78 is 40.4. The van der Waals surface area contributed by atoms with Gasteiger partial charge >= 0.3 is 0 Å². The Labute approximate surface area is 136 Å². The maximum atomic E-state index is 13.7. The quantitative estimate of drug-likeness (QED) is 0.893. The minimum absolute atomic E-state index is 0.150. The molecule has 0 bridgehead atoms. The molecule has 1 aromatic rings. The van der Waals surface area contributed by atoms with Crippen molar-refractivity contribution in [2.45, 2.75) is 56.0 Å². The van der Waals surface area contributed by atoms with E-state index in [1.165, 1.54) is 31.5 Å². The van der Waals surface area contributed by atoms with Crippen LogP contribution in [0.1, 0.15) is 39.0 Å². The number of benzene rings is 1. The van der Waals surface area contributed by atoms with Gasteiger partial charge in [0.15, 0.2) is 0 Å². The van der Waals surface area contributed by atoms with Crippen LogP contribution < -0.4 is 4.72 Å². The zero-order chi connectivity index (χ0) is 17.0. The Balaban J connectivity index is 2.06. The van der Waals surface area contributed by atoms with Gasteiger partial charge in [0.05, 0.1) is 6.04 Å². The number of halogens is 1. The zero-order valence-electron chi connectivity index (χ0n) is 13.5. The summed E-state index contributed by atoms with van der Waals surface area (Å²) in [6.07, 6.45) is 5.22. The summed E-state index contributed by atoms with van der Waals surface area (Å²) in [7, 11) is -2.37. The Morgan fingerprint density at radius 2 is 1.87 bits per heavy atom. The van der Waals surface area contributed by atoms with Crippen molar-refractivity contribution in [1.29, 1.82) is 0 Å². The molecule has 0 aromatic heterocycles. The highest BCUT2D eigenvalue weighted by molar-refractivity contribution is 7.89. The van der Waals surface area contributed by atoms with E-state index in [1.54, 1.807) is 11.9 Å². The van der Waals surface area contributed by atoms with Crippen LogP contribution in [0.3, 0.4) is 0 Å². The predicted molar refractivity (Wildman–Crippen MR) is 85.8 cm³/mol. The summed E-state index contributed by atoms with van der Waals surface area (Å²) in [5, 5.41) is 0. The number of nitrogens with one attached hydrogen (secondary N) is 1. The van der Waals surface area contributed by atoms with E-state index >= 15 is 0 Å². The van der Waals surface area contributed by atoms with Crippen molar-refractivity contribution in [3.8, 4) is 0 Å². The SMILES string of the molecule is C[C@H](NS(=O)(=O)c1ccccc1F)C(=O)N(C)C1CCCCC1. The Hall–Kier alpha value is -1.47. The van der Waals surface area contributed by atoms with Crippen LogP contribution in [0.25, 0.3) is 0 Å². The van der Waals surface area contributed by atoms with E-state index in [4.69, 9.17) is 0 Å². The molecule has 0 heterocycles.